The Morgan fingerprint density at radius 1 is 1.03 bits per heavy atom. The van der Waals surface area contributed by atoms with Gasteiger partial charge in [-0.05, 0) is 36.1 Å². The van der Waals surface area contributed by atoms with E-state index in [2.05, 4.69) is 5.32 Å². The number of aryl methyl sites for hydroxylation is 1. The molecule has 0 bridgehead atoms. The molecule has 32 heavy (non-hydrogen) atoms. The highest BCUT2D eigenvalue weighted by Crippen LogP contribution is 2.32. The molecule has 0 aliphatic carbocycles. The standard InChI is InChI=1S/C23H28F2N2O5/c1-2-3-15-32-21(30)27-22(31,14-13-17-9-11-19(28)12-10-17)23(24,25)20(29)26-16-18-7-5-4-6-8-18/h4-12,28,31H,2-3,13-16H2,1H3,(H,26,29)(H,27,30). The minimum atomic E-state index is -4.36. The molecule has 2 aromatic carbocycles. The van der Waals surface area contributed by atoms with Crippen LogP contribution in [-0.4, -0.2) is 40.5 Å². The van der Waals surface area contributed by atoms with Crippen molar-refractivity contribution in [3.05, 3.63) is 65.7 Å². The molecule has 0 saturated carbocycles. The molecule has 0 aliphatic rings. The Kier molecular flexibility index (Phi) is 8.95. The third kappa shape index (κ3) is 6.91. The normalized spacial score (nSPS) is 13.1. The van der Waals surface area contributed by atoms with E-state index in [4.69, 9.17) is 4.74 Å². The molecule has 0 fully saturated rings. The summed E-state index contributed by atoms with van der Waals surface area (Å²) in [7, 11) is 0. The molecule has 174 valence electrons. The van der Waals surface area contributed by atoms with E-state index in [0.29, 0.717) is 17.5 Å². The van der Waals surface area contributed by atoms with E-state index in [1.807, 2.05) is 6.92 Å². The highest BCUT2D eigenvalue weighted by atomic mass is 19.3. The second kappa shape index (κ2) is 11.4. The van der Waals surface area contributed by atoms with Crippen molar-refractivity contribution < 1.29 is 33.3 Å². The molecule has 0 aliphatic heterocycles. The molecule has 2 amide bonds. The molecule has 7 nitrogen and oxygen atoms in total. The van der Waals surface area contributed by atoms with Crippen molar-refractivity contribution in [1.29, 1.82) is 0 Å². The van der Waals surface area contributed by atoms with Gasteiger partial charge in [0.15, 0.2) is 0 Å². The zero-order valence-corrected chi connectivity index (χ0v) is 17.8. The van der Waals surface area contributed by atoms with Crippen LogP contribution in [0, 0.1) is 0 Å². The Labute approximate surface area is 185 Å². The molecular weight excluding hydrogens is 422 g/mol. The summed E-state index contributed by atoms with van der Waals surface area (Å²) < 4.78 is 35.1. The number of carbonyl (C=O) groups excluding carboxylic acids is 2. The van der Waals surface area contributed by atoms with Crippen LogP contribution in [0.1, 0.15) is 37.3 Å². The van der Waals surface area contributed by atoms with Crippen LogP contribution >= 0.6 is 0 Å². The second-order valence-corrected chi connectivity index (χ2v) is 7.38. The van der Waals surface area contributed by atoms with Crippen molar-refractivity contribution in [3.8, 4) is 5.75 Å². The molecule has 0 spiro atoms. The first-order valence-corrected chi connectivity index (χ1v) is 10.3. The number of carbonyl (C=O) groups is 2. The number of benzene rings is 2. The SMILES string of the molecule is CCCCOC(=O)NC(O)(CCc1ccc(O)cc1)C(F)(F)C(=O)NCc1ccccc1. The van der Waals surface area contributed by atoms with E-state index in [-0.39, 0.29) is 25.3 Å². The van der Waals surface area contributed by atoms with Gasteiger partial charge >= 0.3 is 12.0 Å². The maximum Gasteiger partial charge on any atom is 0.409 e. The fourth-order valence-electron chi connectivity index (χ4n) is 2.88. The molecule has 0 saturated heterocycles. The average Bonchev–Trinajstić information content (AvgIpc) is 2.77. The van der Waals surface area contributed by atoms with Gasteiger partial charge in [-0.25, -0.2) is 4.79 Å². The van der Waals surface area contributed by atoms with Gasteiger partial charge in [0, 0.05) is 13.0 Å². The first kappa shape index (κ1) is 25.1. The van der Waals surface area contributed by atoms with Crippen LogP contribution in [0.15, 0.2) is 54.6 Å². The minimum Gasteiger partial charge on any atom is -0.508 e. The van der Waals surface area contributed by atoms with Crippen molar-refractivity contribution in [1.82, 2.24) is 10.6 Å². The Bertz CT molecular complexity index is 878. The maximum atomic E-state index is 15.1. The number of alkyl halides is 2. The van der Waals surface area contributed by atoms with Crippen molar-refractivity contribution >= 4 is 12.0 Å². The molecule has 2 aromatic rings. The predicted molar refractivity (Wildman–Crippen MR) is 114 cm³/mol. The lowest BCUT2D eigenvalue weighted by Gasteiger charge is -2.35. The van der Waals surface area contributed by atoms with E-state index in [1.165, 1.54) is 24.3 Å². The number of alkyl carbamates (subject to hydrolysis) is 1. The Hall–Kier alpha value is -3.20. The molecule has 0 radical (unpaired) electrons. The summed E-state index contributed by atoms with van der Waals surface area (Å²) in [6.45, 7) is 1.67. The van der Waals surface area contributed by atoms with Crippen molar-refractivity contribution in [3.63, 3.8) is 0 Å². The number of unbranched alkanes of at least 4 members (excludes halogenated alkanes) is 1. The first-order valence-electron chi connectivity index (χ1n) is 10.3. The fourth-order valence-corrected chi connectivity index (χ4v) is 2.88. The van der Waals surface area contributed by atoms with Gasteiger partial charge in [-0.2, -0.15) is 8.78 Å². The van der Waals surface area contributed by atoms with Crippen LogP contribution in [0.3, 0.4) is 0 Å². The van der Waals surface area contributed by atoms with Crippen LogP contribution in [0.5, 0.6) is 5.75 Å². The predicted octanol–water partition coefficient (Wildman–Crippen LogP) is 3.49. The zero-order valence-electron chi connectivity index (χ0n) is 17.8. The summed E-state index contributed by atoms with van der Waals surface area (Å²) in [5.41, 5.74) is -2.09. The number of hydrogen-bond acceptors (Lipinski definition) is 5. The van der Waals surface area contributed by atoms with E-state index in [1.54, 1.807) is 35.6 Å². The van der Waals surface area contributed by atoms with Gasteiger partial charge in [0.25, 0.3) is 5.91 Å². The number of hydrogen-bond donors (Lipinski definition) is 4. The molecule has 4 N–H and O–H groups in total. The lowest BCUT2D eigenvalue weighted by molar-refractivity contribution is -0.202. The van der Waals surface area contributed by atoms with Gasteiger partial charge in [0.05, 0.1) is 6.61 Å². The number of amides is 2. The highest BCUT2D eigenvalue weighted by Gasteiger charge is 2.59. The number of aliphatic hydroxyl groups is 1. The molecule has 9 heteroatoms. The van der Waals surface area contributed by atoms with Crippen molar-refractivity contribution in [2.24, 2.45) is 0 Å². The molecule has 0 heterocycles. The van der Waals surface area contributed by atoms with E-state index < -0.39 is 30.1 Å². The number of halogens is 2. The van der Waals surface area contributed by atoms with Crippen LogP contribution in [0.2, 0.25) is 0 Å². The van der Waals surface area contributed by atoms with Gasteiger partial charge < -0.3 is 20.3 Å². The Morgan fingerprint density at radius 2 is 1.69 bits per heavy atom. The van der Waals surface area contributed by atoms with Crippen molar-refractivity contribution in [2.45, 2.75) is 50.8 Å². The van der Waals surface area contributed by atoms with Gasteiger partial charge in [-0.1, -0.05) is 55.8 Å². The van der Waals surface area contributed by atoms with Gasteiger partial charge in [-0.3, -0.25) is 10.1 Å². The lowest BCUT2D eigenvalue weighted by atomic mass is 9.95. The summed E-state index contributed by atoms with van der Waals surface area (Å²) in [6.07, 6.45) is -0.786. The monoisotopic (exact) mass is 450 g/mol. The molecule has 1 atom stereocenters. The Balaban J connectivity index is 2.16. The summed E-state index contributed by atoms with van der Waals surface area (Å²) >= 11 is 0. The molecule has 2 rings (SSSR count). The van der Waals surface area contributed by atoms with Crippen LogP contribution in [-0.2, 0) is 22.5 Å². The zero-order chi connectivity index (χ0) is 23.6. The summed E-state index contributed by atoms with van der Waals surface area (Å²) in [5, 5.41) is 24.0. The van der Waals surface area contributed by atoms with Crippen molar-refractivity contribution in [2.75, 3.05) is 6.61 Å². The number of ether oxygens (including phenoxy) is 1. The van der Waals surface area contributed by atoms with Crippen LogP contribution in [0.4, 0.5) is 13.6 Å². The van der Waals surface area contributed by atoms with Crippen LogP contribution < -0.4 is 10.6 Å². The first-order chi connectivity index (χ1) is 15.2. The van der Waals surface area contributed by atoms with Crippen LogP contribution in [0.25, 0.3) is 0 Å². The Morgan fingerprint density at radius 3 is 2.31 bits per heavy atom. The average molecular weight is 450 g/mol. The third-order valence-corrected chi connectivity index (χ3v) is 4.85. The number of phenolic OH excluding ortho intramolecular Hbond substituents is 1. The quantitative estimate of drug-likeness (QED) is 0.310. The number of rotatable bonds is 11. The molecule has 0 aromatic heterocycles. The highest BCUT2D eigenvalue weighted by molar-refractivity contribution is 5.85. The fraction of sp³-hybridized carbons (Fsp3) is 0.391. The molecular formula is C23H28F2N2O5. The molecule has 1 unspecified atom stereocenters. The van der Waals surface area contributed by atoms with Gasteiger partial charge in [0.2, 0.25) is 5.72 Å². The summed E-state index contributed by atoms with van der Waals surface area (Å²) in [5.74, 6) is -6.10. The van der Waals surface area contributed by atoms with Gasteiger partial charge in [-0.15, -0.1) is 0 Å². The smallest absolute Gasteiger partial charge is 0.409 e. The third-order valence-electron chi connectivity index (χ3n) is 4.85. The maximum absolute atomic E-state index is 15.1. The second-order valence-electron chi connectivity index (χ2n) is 7.38. The van der Waals surface area contributed by atoms with E-state index in [0.717, 1.165) is 6.42 Å². The van der Waals surface area contributed by atoms with Gasteiger partial charge in [0.1, 0.15) is 5.75 Å². The lowest BCUT2D eigenvalue weighted by Crippen LogP contribution is -2.66. The number of nitrogens with one attached hydrogen (secondary N) is 2. The minimum absolute atomic E-state index is 0.00717. The summed E-state index contributed by atoms with van der Waals surface area (Å²) in [4.78, 5) is 24.4. The van der Waals surface area contributed by atoms with E-state index in [9.17, 15) is 19.8 Å². The van der Waals surface area contributed by atoms with E-state index >= 15 is 8.78 Å². The topological polar surface area (TPSA) is 108 Å². The largest absolute Gasteiger partial charge is 0.508 e. The number of phenols is 1. The number of aromatic hydroxyl groups is 1. The summed E-state index contributed by atoms with van der Waals surface area (Å²) in [6, 6.07) is 14.2.